The van der Waals surface area contributed by atoms with E-state index in [-0.39, 0.29) is 5.57 Å². The summed E-state index contributed by atoms with van der Waals surface area (Å²) in [6.07, 6.45) is 1.41. The second-order valence-electron chi connectivity index (χ2n) is 3.49. The molecule has 0 fully saturated rings. The molecule has 17 heavy (non-hydrogen) atoms. The van der Waals surface area contributed by atoms with E-state index in [4.69, 9.17) is 10.5 Å². The largest absolute Gasteiger partial charge is 0.360 e. The lowest BCUT2D eigenvalue weighted by Gasteiger charge is -2.02. The van der Waals surface area contributed by atoms with Crippen LogP contribution in [-0.2, 0) is 0 Å². The van der Waals surface area contributed by atoms with Gasteiger partial charge in [-0.1, -0.05) is 30.3 Å². The molecule has 2 aromatic carbocycles. The summed E-state index contributed by atoms with van der Waals surface area (Å²) in [6, 6.07) is 17.5. The van der Waals surface area contributed by atoms with Gasteiger partial charge in [0, 0.05) is 11.9 Å². The van der Waals surface area contributed by atoms with Gasteiger partial charge in [0.15, 0.2) is 0 Å². The fraction of sp³-hybridized carbons (Fsp3) is 0. The Kier molecular flexibility index (Phi) is 3.05. The highest BCUT2D eigenvalue weighted by atomic mass is 14.8. The van der Waals surface area contributed by atoms with Crippen LogP contribution >= 0.6 is 0 Å². The Morgan fingerprint density at radius 3 is 2.41 bits per heavy atom. The lowest BCUT2D eigenvalue weighted by Crippen LogP contribution is -1.89. The summed E-state index contributed by atoms with van der Waals surface area (Å²) >= 11 is 0. The zero-order valence-corrected chi connectivity index (χ0v) is 9.01. The highest BCUT2D eigenvalue weighted by molar-refractivity contribution is 5.85. The summed E-state index contributed by atoms with van der Waals surface area (Å²) in [5, 5.41) is 22.4. The molecule has 2 aromatic rings. The lowest BCUT2D eigenvalue weighted by atomic mass is 10.1. The smallest absolute Gasteiger partial charge is 0.145 e. The van der Waals surface area contributed by atoms with Crippen molar-refractivity contribution in [1.82, 2.24) is 0 Å². The monoisotopic (exact) mass is 219 g/mol. The zero-order valence-electron chi connectivity index (χ0n) is 9.01. The SMILES string of the molecule is N#CC(C#N)=CNc1ccc2ccccc2c1. The average molecular weight is 219 g/mol. The van der Waals surface area contributed by atoms with E-state index in [1.165, 1.54) is 6.20 Å². The molecule has 2 rings (SSSR count). The highest BCUT2D eigenvalue weighted by Crippen LogP contribution is 2.18. The molecule has 0 bridgehead atoms. The molecule has 0 saturated heterocycles. The molecule has 0 saturated carbocycles. The highest BCUT2D eigenvalue weighted by Gasteiger charge is 1.95. The molecule has 0 aliphatic heterocycles. The van der Waals surface area contributed by atoms with Gasteiger partial charge in [-0.25, -0.2) is 0 Å². The number of nitrogens with one attached hydrogen (secondary N) is 1. The first-order chi connectivity index (χ1) is 8.33. The number of nitrogens with zero attached hydrogens (tertiary/aromatic N) is 2. The summed E-state index contributed by atoms with van der Waals surface area (Å²) < 4.78 is 0. The molecule has 3 heteroatoms. The van der Waals surface area contributed by atoms with Crippen LogP contribution in [0.3, 0.4) is 0 Å². The predicted molar refractivity (Wildman–Crippen MR) is 66.9 cm³/mol. The Morgan fingerprint density at radius 1 is 1.00 bits per heavy atom. The Balaban J connectivity index is 2.30. The Morgan fingerprint density at radius 2 is 1.71 bits per heavy atom. The molecule has 0 radical (unpaired) electrons. The first-order valence-electron chi connectivity index (χ1n) is 5.09. The number of hydrogen-bond acceptors (Lipinski definition) is 3. The third-order valence-electron chi connectivity index (χ3n) is 2.37. The van der Waals surface area contributed by atoms with E-state index in [0.29, 0.717) is 0 Å². The molecule has 0 atom stereocenters. The molecule has 0 aliphatic carbocycles. The number of benzene rings is 2. The summed E-state index contributed by atoms with van der Waals surface area (Å²) in [7, 11) is 0. The van der Waals surface area contributed by atoms with Crippen LogP contribution in [0.2, 0.25) is 0 Å². The first-order valence-corrected chi connectivity index (χ1v) is 5.09. The second kappa shape index (κ2) is 4.83. The van der Waals surface area contributed by atoms with Crippen LogP contribution in [0.25, 0.3) is 10.8 Å². The molecule has 0 unspecified atom stereocenters. The summed E-state index contributed by atoms with van der Waals surface area (Å²) in [4.78, 5) is 0. The van der Waals surface area contributed by atoms with Gasteiger partial charge >= 0.3 is 0 Å². The molecule has 0 spiro atoms. The summed E-state index contributed by atoms with van der Waals surface area (Å²) in [6.45, 7) is 0. The van der Waals surface area contributed by atoms with Gasteiger partial charge in [0.1, 0.15) is 17.7 Å². The first kappa shape index (κ1) is 10.7. The van der Waals surface area contributed by atoms with E-state index in [0.717, 1.165) is 16.5 Å². The topological polar surface area (TPSA) is 59.6 Å². The summed E-state index contributed by atoms with van der Waals surface area (Å²) in [5.41, 5.74) is 0.907. The lowest BCUT2D eigenvalue weighted by molar-refractivity contribution is 1.45. The molecule has 0 aromatic heterocycles. The maximum Gasteiger partial charge on any atom is 0.145 e. The zero-order chi connectivity index (χ0) is 12.1. The van der Waals surface area contributed by atoms with Gasteiger partial charge < -0.3 is 5.32 Å². The Hall–Kier alpha value is -2.78. The van der Waals surface area contributed by atoms with Gasteiger partial charge in [-0.3, -0.25) is 0 Å². The van der Waals surface area contributed by atoms with Crippen molar-refractivity contribution in [2.24, 2.45) is 0 Å². The predicted octanol–water partition coefficient (Wildman–Crippen LogP) is 3.18. The van der Waals surface area contributed by atoms with E-state index in [1.807, 2.05) is 42.5 Å². The third-order valence-corrected chi connectivity index (χ3v) is 2.37. The van der Waals surface area contributed by atoms with Crippen LogP contribution in [0.5, 0.6) is 0 Å². The van der Waals surface area contributed by atoms with Crippen molar-refractivity contribution in [3.63, 3.8) is 0 Å². The van der Waals surface area contributed by atoms with Crippen molar-refractivity contribution < 1.29 is 0 Å². The number of rotatable bonds is 2. The van der Waals surface area contributed by atoms with E-state index < -0.39 is 0 Å². The van der Waals surface area contributed by atoms with Crippen LogP contribution in [0.4, 0.5) is 5.69 Å². The molecule has 0 amide bonds. The number of hydrogen-bond donors (Lipinski definition) is 1. The van der Waals surface area contributed by atoms with Crippen LogP contribution in [0.15, 0.2) is 54.2 Å². The minimum absolute atomic E-state index is 0.0539. The van der Waals surface area contributed by atoms with Gasteiger partial charge in [-0.15, -0.1) is 0 Å². The normalized spacial score (nSPS) is 9.06. The Labute approximate surface area is 99.2 Å². The number of allylic oxidation sites excluding steroid dienone is 1. The van der Waals surface area contributed by atoms with Crippen molar-refractivity contribution in [2.75, 3.05) is 5.32 Å². The molecule has 0 heterocycles. The number of fused-ring (bicyclic) bond motifs is 1. The fourth-order valence-corrected chi connectivity index (χ4v) is 1.52. The maximum atomic E-state index is 8.60. The minimum atomic E-state index is 0.0539. The third kappa shape index (κ3) is 2.42. The quantitative estimate of drug-likeness (QED) is 0.789. The molecule has 1 N–H and O–H groups in total. The Bertz CT molecular complexity index is 641. The maximum absolute atomic E-state index is 8.60. The number of anilines is 1. The van der Waals surface area contributed by atoms with Crippen LogP contribution < -0.4 is 5.32 Å². The van der Waals surface area contributed by atoms with Gasteiger partial charge in [-0.05, 0) is 22.9 Å². The summed E-state index contributed by atoms with van der Waals surface area (Å²) in [5.74, 6) is 0. The molecule has 0 aliphatic rings. The van der Waals surface area contributed by atoms with Gasteiger partial charge in [0.25, 0.3) is 0 Å². The van der Waals surface area contributed by atoms with E-state index in [9.17, 15) is 0 Å². The second-order valence-corrected chi connectivity index (χ2v) is 3.49. The van der Waals surface area contributed by atoms with Crippen molar-refractivity contribution in [3.05, 3.63) is 54.2 Å². The molecule has 80 valence electrons. The van der Waals surface area contributed by atoms with E-state index in [1.54, 1.807) is 12.1 Å². The van der Waals surface area contributed by atoms with Crippen LogP contribution in [-0.4, -0.2) is 0 Å². The van der Waals surface area contributed by atoms with Gasteiger partial charge in [-0.2, -0.15) is 10.5 Å². The molecule has 3 nitrogen and oxygen atoms in total. The van der Waals surface area contributed by atoms with Gasteiger partial charge in [0.2, 0.25) is 0 Å². The van der Waals surface area contributed by atoms with Crippen molar-refractivity contribution in [2.45, 2.75) is 0 Å². The van der Waals surface area contributed by atoms with Crippen molar-refractivity contribution in [1.29, 1.82) is 10.5 Å². The van der Waals surface area contributed by atoms with E-state index in [2.05, 4.69) is 5.32 Å². The fourth-order valence-electron chi connectivity index (χ4n) is 1.52. The van der Waals surface area contributed by atoms with E-state index >= 15 is 0 Å². The number of nitriles is 2. The van der Waals surface area contributed by atoms with Crippen molar-refractivity contribution >= 4 is 16.5 Å². The average Bonchev–Trinajstić information content (AvgIpc) is 2.40. The van der Waals surface area contributed by atoms with Crippen LogP contribution in [0.1, 0.15) is 0 Å². The molecular formula is C14H9N3. The minimum Gasteiger partial charge on any atom is -0.360 e. The van der Waals surface area contributed by atoms with Gasteiger partial charge in [0.05, 0.1) is 0 Å². The standard InChI is InChI=1S/C14H9N3/c15-8-11(9-16)10-17-14-6-5-12-3-1-2-4-13(12)7-14/h1-7,10,17H. The van der Waals surface area contributed by atoms with Crippen LogP contribution in [0, 0.1) is 22.7 Å². The molecular weight excluding hydrogens is 210 g/mol. The van der Waals surface area contributed by atoms with Crippen molar-refractivity contribution in [3.8, 4) is 12.1 Å².